The predicted octanol–water partition coefficient (Wildman–Crippen LogP) is 2.72. The van der Waals surface area contributed by atoms with Gasteiger partial charge in [-0.2, -0.15) is 0 Å². The number of furan rings is 1. The molecule has 0 aliphatic heterocycles. The summed E-state index contributed by atoms with van der Waals surface area (Å²) in [5.74, 6) is 0.462. The minimum Gasteiger partial charge on any atom is -0.469 e. The summed E-state index contributed by atoms with van der Waals surface area (Å²) in [4.78, 5) is 11.8. The van der Waals surface area contributed by atoms with Crippen LogP contribution in [0.5, 0.6) is 0 Å². The van der Waals surface area contributed by atoms with Crippen LogP contribution in [0.2, 0.25) is 0 Å². The first-order valence-corrected chi connectivity index (χ1v) is 5.29. The molecular formula is C11H16ClNO2. The van der Waals surface area contributed by atoms with Crippen LogP contribution in [-0.4, -0.2) is 16.8 Å². The van der Waals surface area contributed by atoms with E-state index < -0.39 is 5.54 Å². The third-order valence-corrected chi connectivity index (χ3v) is 3.08. The number of alkyl halides is 1. The summed E-state index contributed by atoms with van der Waals surface area (Å²) in [6, 6.07) is 1.65. The molecule has 1 aromatic rings. The number of rotatable bonds is 3. The van der Waals surface area contributed by atoms with Gasteiger partial charge in [0.25, 0.3) is 5.91 Å². The lowest BCUT2D eigenvalue weighted by Crippen LogP contribution is -2.49. The van der Waals surface area contributed by atoms with Gasteiger partial charge in [-0.3, -0.25) is 4.79 Å². The van der Waals surface area contributed by atoms with Crippen molar-refractivity contribution in [3.63, 3.8) is 0 Å². The maximum absolute atomic E-state index is 11.8. The fourth-order valence-electron chi connectivity index (χ4n) is 1.08. The molecule has 0 spiro atoms. The Balaban J connectivity index is 2.77. The minimum absolute atomic E-state index is 0.145. The average molecular weight is 230 g/mol. The molecule has 1 rings (SSSR count). The maximum Gasteiger partial charge on any atom is 0.255 e. The average Bonchev–Trinajstić information content (AvgIpc) is 2.50. The van der Waals surface area contributed by atoms with Crippen LogP contribution in [0.3, 0.4) is 0 Å². The number of halogens is 1. The normalized spacial score (nSPS) is 13.7. The van der Waals surface area contributed by atoms with E-state index in [0.29, 0.717) is 11.3 Å². The Morgan fingerprint density at radius 3 is 2.60 bits per heavy atom. The summed E-state index contributed by atoms with van der Waals surface area (Å²) in [6.45, 7) is 7.38. The van der Waals surface area contributed by atoms with Crippen molar-refractivity contribution in [3.05, 3.63) is 23.7 Å². The second-order valence-electron chi connectivity index (χ2n) is 4.18. The van der Waals surface area contributed by atoms with E-state index in [0.717, 1.165) is 0 Å². The van der Waals surface area contributed by atoms with Crippen LogP contribution in [0.25, 0.3) is 0 Å². The molecule has 0 saturated carbocycles. The second-order valence-corrected chi connectivity index (χ2v) is 4.84. The topological polar surface area (TPSA) is 42.2 Å². The van der Waals surface area contributed by atoms with Crippen LogP contribution in [0.4, 0.5) is 0 Å². The largest absolute Gasteiger partial charge is 0.469 e. The maximum atomic E-state index is 11.8. The molecule has 1 amide bonds. The first-order chi connectivity index (χ1) is 6.84. The zero-order valence-corrected chi connectivity index (χ0v) is 10.2. The van der Waals surface area contributed by atoms with Gasteiger partial charge in [0.2, 0.25) is 0 Å². The van der Waals surface area contributed by atoms with E-state index in [-0.39, 0.29) is 11.3 Å². The van der Waals surface area contributed by atoms with Crippen molar-refractivity contribution in [2.45, 2.75) is 38.6 Å². The first-order valence-electron chi connectivity index (χ1n) is 4.85. The molecule has 84 valence electrons. The Kier molecular flexibility index (Phi) is 3.45. The Bertz CT molecular complexity index is 355. The quantitative estimate of drug-likeness (QED) is 0.810. The van der Waals surface area contributed by atoms with Crippen LogP contribution < -0.4 is 5.32 Å². The summed E-state index contributed by atoms with van der Waals surface area (Å²) in [7, 11) is 0. The Labute approximate surface area is 94.8 Å². The van der Waals surface area contributed by atoms with E-state index in [2.05, 4.69) is 5.32 Å². The molecule has 0 fully saturated rings. The number of aryl methyl sites for hydroxylation is 1. The highest BCUT2D eigenvalue weighted by Gasteiger charge is 2.27. The van der Waals surface area contributed by atoms with Crippen molar-refractivity contribution in [3.8, 4) is 0 Å². The van der Waals surface area contributed by atoms with E-state index in [1.54, 1.807) is 13.0 Å². The van der Waals surface area contributed by atoms with Gasteiger partial charge in [0.1, 0.15) is 5.76 Å². The summed E-state index contributed by atoms with van der Waals surface area (Å²) in [6.07, 6.45) is 1.50. The number of nitrogens with one attached hydrogen (secondary N) is 1. The van der Waals surface area contributed by atoms with Crippen molar-refractivity contribution >= 4 is 17.5 Å². The lowest BCUT2D eigenvalue weighted by Gasteiger charge is -2.28. The van der Waals surface area contributed by atoms with E-state index in [1.807, 2.05) is 20.8 Å². The highest BCUT2D eigenvalue weighted by molar-refractivity contribution is 6.21. The van der Waals surface area contributed by atoms with Crippen molar-refractivity contribution in [2.24, 2.45) is 0 Å². The summed E-state index contributed by atoms with van der Waals surface area (Å²) >= 11 is 5.98. The number of hydrogen-bond donors (Lipinski definition) is 1. The van der Waals surface area contributed by atoms with Crippen LogP contribution in [-0.2, 0) is 0 Å². The van der Waals surface area contributed by atoms with E-state index in [9.17, 15) is 4.79 Å². The molecule has 1 unspecified atom stereocenters. The van der Waals surface area contributed by atoms with Gasteiger partial charge in [0.15, 0.2) is 0 Å². The van der Waals surface area contributed by atoms with E-state index in [1.165, 1.54) is 6.26 Å². The van der Waals surface area contributed by atoms with E-state index in [4.69, 9.17) is 16.0 Å². The number of carbonyl (C=O) groups excluding carboxylic acids is 1. The van der Waals surface area contributed by atoms with Crippen LogP contribution >= 0.6 is 11.6 Å². The fourth-order valence-corrected chi connectivity index (χ4v) is 1.13. The third kappa shape index (κ3) is 2.75. The smallest absolute Gasteiger partial charge is 0.255 e. The molecule has 0 bridgehead atoms. The molecule has 3 nitrogen and oxygen atoms in total. The molecule has 0 saturated heterocycles. The highest BCUT2D eigenvalue weighted by Crippen LogP contribution is 2.17. The van der Waals surface area contributed by atoms with Crippen molar-refractivity contribution < 1.29 is 9.21 Å². The van der Waals surface area contributed by atoms with Gasteiger partial charge in [-0.05, 0) is 33.8 Å². The van der Waals surface area contributed by atoms with Crippen LogP contribution in [0.15, 0.2) is 16.7 Å². The summed E-state index contributed by atoms with van der Waals surface area (Å²) < 4.78 is 5.07. The fraction of sp³-hybridized carbons (Fsp3) is 0.545. The standard InChI is InChI=1S/C11H16ClNO2/c1-7-9(5-6-15-7)10(14)13-11(3,4)8(2)12/h5-6,8H,1-4H3,(H,13,14). The molecule has 1 N–H and O–H groups in total. The van der Waals surface area contributed by atoms with Gasteiger partial charge in [0.05, 0.1) is 22.7 Å². The molecule has 1 atom stereocenters. The van der Waals surface area contributed by atoms with Gasteiger partial charge in [-0.15, -0.1) is 11.6 Å². The highest BCUT2D eigenvalue weighted by atomic mass is 35.5. The molecule has 0 radical (unpaired) electrons. The van der Waals surface area contributed by atoms with Crippen LogP contribution in [0.1, 0.15) is 36.9 Å². The molecule has 0 aliphatic rings. The van der Waals surface area contributed by atoms with Crippen molar-refractivity contribution in [2.75, 3.05) is 0 Å². The molecule has 1 heterocycles. The molecule has 4 heteroatoms. The molecule has 0 aliphatic carbocycles. The lowest BCUT2D eigenvalue weighted by molar-refractivity contribution is 0.0911. The Morgan fingerprint density at radius 2 is 2.20 bits per heavy atom. The zero-order chi connectivity index (χ0) is 11.6. The molecule has 1 aromatic heterocycles. The van der Waals surface area contributed by atoms with Gasteiger partial charge in [-0.1, -0.05) is 0 Å². The summed E-state index contributed by atoms with van der Waals surface area (Å²) in [5.41, 5.74) is 0.114. The summed E-state index contributed by atoms with van der Waals surface area (Å²) in [5, 5.41) is 2.72. The predicted molar refractivity (Wildman–Crippen MR) is 60.3 cm³/mol. The lowest BCUT2D eigenvalue weighted by atomic mass is 10.0. The van der Waals surface area contributed by atoms with Crippen molar-refractivity contribution in [1.29, 1.82) is 0 Å². The van der Waals surface area contributed by atoms with Crippen molar-refractivity contribution in [1.82, 2.24) is 5.32 Å². The molecule has 15 heavy (non-hydrogen) atoms. The number of amides is 1. The molecule has 0 aromatic carbocycles. The Hall–Kier alpha value is -0.960. The monoisotopic (exact) mass is 229 g/mol. The van der Waals surface area contributed by atoms with Gasteiger partial charge < -0.3 is 9.73 Å². The Morgan fingerprint density at radius 1 is 1.60 bits per heavy atom. The van der Waals surface area contributed by atoms with E-state index >= 15 is 0 Å². The van der Waals surface area contributed by atoms with Gasteiger partial charge in [-0.25, -0.2) is 0 Å². The van der Waals surface area contributed by atoms with Gasteiger partial charge >= 0.3 is 0 Å². The minimum atomic E-state index is -0.442. The van der Waals surface area contributed by atoms with Crippen LogP contribution in [0, 0.1) is 6.92 Å². The molecular weight excluding hydrogens is 214 g/mol. The second kappa shape index (κ2) is 4.27. The SMILES string of the molecule is Cc1occc1C(=O)NC(C)(C)C(C)Cl. The zero-order valence-electron chi connectivity index (χ0n) is 9.43. The number of carbonyl (C=O) groups is 1. The van der Waals surface area contributed by atoms with Gasteiger partial charge in [0, 0.05) is 0 Å². The first kappa shape index (κ1) is 12.1. The third-order valence-electron chi connectivity index (χ3n) is 2.53. The number of hydrogen-bond acceptors (Lipinski definition) is 2.